The van der Waals surface area contributed by atoms with Crippen LogP contribution in [0.25, 0.3) is 0 Å². The Bertz CT molecular complexity index is 574. The van der Waals surface area contributed by atoms with E-state index in [1.165, 1.54) is 12.1 Å². The lowest BCUT2D eigenvalue weighted by atomic mass is 10.3. The van der Waals surface area contributed by atoms with E-state index in [1.54, 1.807) is 0 Å². The fourth-order valence-electron chi connectivity index (χ4n) is 1.08. The van der Waals surface area contributed by atoms with Crippen molar-refractivity contribution in [3.8, 4) is 0 Å². The normalized spacial score (nSPS) is 10.2. The molecule has 1 aromatic carbocycles. The molecule has 5 nitrogen and oxygen atoms in total. The number of carbonyl (C=O) groups excluding carboxylic acids is 1. The predicted molar refractivity (Wildman–Crippen MR) is 63.7 cm³/mol. The van der Waals surface area contributed by atoms with Gasteiger partial charge in [-0.1, -0.05) is 22.9 Å². The van der Waals surface area contributed by atoms with Gasteiger partial charge in [-0.2, -0.15) is 0 Å². The molecular weight excluding hydrogens is 267 g/mol. The van der Waals surface area contributed by atoms with Gasteiger partial charge in [-0.3, -0.25) is 4.79 Å². The van der Waals surface area contributed by atoms with Crippen LogP contribution in [0.15, 0.2) is 18.2 Å². The lowest BCUT2D eigenvalue weighted by Gasteiger charge is -2.03. The number of benzene rings is 1. The van der Waals surface area contributed by atoms with E-state index in [1.807, 2.05) is 0 Å². The van der Waals surface area contributed by atoms with Crippen LogP contribution in [-0.4, -0.2) is 16.1 Å². The molecule has 0 radical (unpaired) electrons. The van der Waals surface area contributed by atoms with Crippen LogP contribution in [0.3, 0.4) is 0 Å². The molecule has 17 heavy (non-hydrogen) atoms. The average Bonchev–Trinajstić information content (AvgIpc) is 2.70. The zero-order valence-corrected chi connectivity index (χ0v) is 9.85. The molecule has 0 unspecified atom stereocenters. The number of halogens is 2. The van der Waals surface area contributed by atoms with Crippen molar-refractivity contribution in [3.63, 3.8) is 0 Å². The second-order valence-corrected chi connectivity index (χ2v) is 4.44. The maximum absolute atomic E-state index is 12.9. The summed E-state index contributed by atoms with van der Waals surface area (Å²) in [6.45, 7) is 0. The van der Waals surface area contributed by atoms with Crippen molar-refractivity contribution in [1.29, 1.82) is 0 Å². The van der Waals surface area contributed by atoms with Gasteiger partial charge in [-0.25, -0.2) is 4.39 Å². The third kappa shape index (κ3) is 2.69. The van der Waals surface area contributed by atoms with Crippen molar-refractivity contribution in [2.24, 2.45) is 0 Å². The van der Waals surface area contributed by atoms with E-state index in [4.69, 9.17) is 17.3 Å². The monoisotopic (exact) mass is 272 g/mol. The molecular formula is C9H6ClFN4OS. The lowest BCUT2D eigenvalue weighted by molar-refractivity contribution is 0.102. The summed E-state index contributed by atoms with van der Waals surface area (Å²) in [6, 6.07) is 3.86. The van der Waals surface area contributed by atoms with Crippen LogP contribution in [0.1, 0.15) is 9.80 Å². The topological polar surface area (TPSA) is 80.9 Å². The number of rotatable bonds is 2. The summed E-state index contributed by atoms with van der Waals surface area (Å²) >= 11 is 6.53. The van der Waals surface area contributed by atoms with Gasteiger partial charge in [0.25, 0.3) is 5.91 Å². The van der Waals surface area contributed by atoms with E-state index in [0.29, 0.717) is 5.69 Å². The summed E-state index contributed by atoms with van der Waals surface area (Å²) in [6.07, 6.45) is 0. The quantitative estimate of drug-likeness (QED) is 0.878. The molecule has 0 aliphatic carbocycles. The van der Waals surface area contributed by atoms with E-state index >= 15 is 0 Å². The van der Waals surface area contributed by atoms with Crippen molar-refractivity contribution in [1.82, 2.24) is 10.2 Å². The zero-order chi connectivity index (χ0) is 12.4. The van der Waals surface area contributed by atoms with Crippen LogP contribution in [0.2, 0.25) is 5.02 Å². The van der Waals surface area contributed by atoms with Gasteiger partial charge in [0.05, 0.1) is 5.02 Å². The fraction of sp³-hybridized carbons (Fsp3) is 0. The maximum atomic E-state index is 12.9. The van der Waals surface area contributed by atoms with Crippen molar-refractivity contribution in [2.75, 3.05) is 11.1 Å². The number of nitrogens with one attached hydrogen (secondary N) is 1. The van der Waals surface area contributed by atoms with Gasteiger partial charge in [-0.05, 0) is 18.2 Å². The van der Waals surface area contributed by atoms with Gasteiger partial charge in [0.1, 0.15) is 5.82 Å². The number of nitrogens with zero attached hydrogens (tertiary/aromatic N) is 2. The average molecular weight is 273 g/mol. The highest BCUT2D eigenvalue weighted by Crippen LogP contribution is 2.20. The molecule has 1 amide bonds. The number of hydrogen-bond acceptors (Lipinski definition) is 5. The third-order valence-corrected chi connectivity index (χ3v) is 2.85. The molecule has 88 valence electrons. The lowest BCUT2D eigenvalue weighted by Crippen LogP contribution is -2.11. The van der Waals surface area contributed by atoms with E-state index < -0.39 is 11.7 Å². The third-order valence-electron chi connectivity index (χ3n) is 1.81. The summed E-state index contributed by atoms with van der Waals surface area (Å²) in [5.74, 6) is -1.02. The van der Waals surface area contributed by atoms with Gasteiger partial charge in [0.2, 0.25) is 10.1 Å². The molecule has 0 aliphatic heterocycles. The van der Waals surface area contributed by atoms with Gasteiger partial charge in [0.15, 0.2) is 0 Å². The minimum Gasteiger partial charge on any atom is -0.374 e. The highest BCUT2D eigenvalue weighted by molar-refractivity contribution is 7.16. The number of aromatic nitrogens is 2. The Morgan fingerprint density at radius 2 is 2.24 bits per heavy atom. The summed E-state index contributed by atoms with van der Waals surface area (Å²) in [5, 5.41) is 9.85. The second kappa shape index (κ2) is 4.64. The highest BCUT2D eigenvalue weighted by atomic mass is 35.5. The van der Waals surface area contributed by atoms with Crippen molar-refractivity contribution in [3.05, 3.63) is 34.0 Å². The van der Waals surface area contributed by atoms with Gasteiger partial charge < -0.3 is 11.1 Å². The molecule has 0 spiro atoms. The molecule has 0 atom stereocenters. The first-order valence-electron chi connectivity index (χ1n) is 4.41. The van der Waals surface area contributed by atoms with Crippen LogP contribution in [0.4, 0.5) is 15.2 Å². The number of hydrogen-bond donors (Lipinski definition) is 2. The minimum atomic E-state index is -0.551. The molecule has 0 aliphatic rings. The molecule has 3 N–H and O–H groups in total. The Labute approximate surface area is 104 Å². The number of anilines is 2. The Morgan fingerprint density at radius 1 is 1.47 bits per heavy atom. The standard InChI is InChI=1S/C9H6ClFN4OS/c10-5-3-4(1-2-6(5)11)13-7(16)8-14-15-9(12)17-8/h1-3H,(H2,12,15)(H,13,16). The van der Waals surface area contributed by atoms with Gasteiger partial charge >= 0.3 is 0 Å². The van der Waals surface area contributed by atoms with Crippen LogP contribution < -0.4 is 11.1 Å². The molecule has 0 saturated carbocycles. The van der Waals surface area contributed by atoms with Crippen molar-refractivity contribution in [2.45, 2.75) is 0 Å². The fourth-order valence-corrected chi connectivity index (χ4v) is 1.77. The highest BCUT2D eigenvalue weighted by Gasteiger charge is 2.12. The number of amides is 1. The van der Waals surface area contributed by atoms with E-state index in [0.717, 1.165) is 17.4 Å². The summed E-state index contributed by atoms with van der Waals surface area (Å²) < 4.78 is 12.9. The smallest absolute Gasteiger partial charge is 0.286 e. The van der Waals surface area contributed by atoms with E-state index in [9.17, 15) is 9.18 Å². The van der Waals surface area contributed by atoms with Crippen molar-refractivity contribution < 1.29 is 9.18 Å². The Morgan fingerprint density at radius 3 is 2.82 bits per heavy atom. The number of carbonyl (C=O) groups is 1. The van der Waals surface area contributed by atoms with Crippen LogP contribution in [0, 0.1) is 5.82 Å². The Balaban J connectivity index is 2.15. The first-order valence-corrected chi connectivity index (χ1v) is 5.61. The molecule has 0 saturated heterocycles. The van der Waals surface area contributed by atoms with E-state index in [2.05, 4.69) is 15.5 Å². The predicted octanol–water partition coefficient (Wildman–Crippen LogP) is 2.17. The molecule has 0 fully saturated rings. The van der Waals surface area contributed by atoms with E-state index in [-0.39, 0.29) is 15.2 Å². The SMILES string of the molecule is Nc1nnc(C(=O)Nc2ccc(F)c(Cl)c2)s1. The summed E-state index contributed by atoms with van der Waals surface area (Å²) in [5.41, 5.74) is 5.72. The first kappa shape index (κ1) is 11.7. The summed E-state index contributed by atoms with van der Waals surface area (Å²) in [7, 11) is 0. The van der Waals surface area contributed by atoms with Crippen LogP contribution >= 0.6 is 22.9 Å². The minimum absolute atomic E-state index is 0.0698. The van der Waals surface area contributed by atoms with Gasteiger partial charge in [0, 0.05) is 5.69 Å². The molecule has 0 bridgehead atoms. The largest absolute Gasteiger partial charge is 0.374 e. The number of nitrogen functional groups attached to an aromatic ring is 1. The first-order chi connectivity index (χ1) is 8.06. The molecule has 8 heteroatoms. The molecule has 1 heterocycles. The van der Waals surface area contributed by atoms with Crippen LogP contribution in [-0.2, 0) is 0 Å². The Kier molecular flexibility index (Phi) is 3.21. The van der Waals surface area contributed by atoms with Crippen molar-refractivity contribution >= 4 is 39.7 Å². The number of nitrogens with two attached hydrogens (primary N) is 1. The molecule has 2 aromatic rings. The second-order valence-electron chi connectivity index (χ2n) is 3.03. The van der Waals surface area contributed by atoms with Crippen LogP contribution in [0.5, 0.6) is 0 Å². The summed E-state index contributed by atoms with van der Waals surface area (Å²) in [4.78, 5) is 11.6. The zero-order valence-electron chi connectivity index (χ0n) is 8.28. The molecule has 1 aromatic heterocycles. The van der Waals surface area contributed by atoms with Gasteiger partial charge in [-0.15, -0.1) is 10.2 Å². The Hall–Kier alpha value is -1.73. The maximum Gasteiger partial charge on any atom is 0.286 e. The molecule has 2 rings (SSSR count).